The van der Waals surface area contributed by atoms with Gasteiger partial charge in [-0.1, -0.05) is 37.0 Å². The summed E-state index contributed by atoms with van der Waals surface area (Å²) in [4.78, 5) is 14.5. The van der Waals surface area contributed by atoms with Gasteiger partial charge in [0.05, 0.1) is 11.2 Å². The van der Waals surface area contributed by atoms with Gasteiger partial charge in [-0.2, -0.15) is 5.10 Å². The van der Waals surface area contributed by atoms with Gasteiger partial charge in [0.15, 0.2) is 6.61 Å². The maximum atomic E-state index is 12.0. The molecule has 5 nitrogen and oxygen atoms in total. The van der Waals surface area contributed by atoms with Crippen LogP contribution in [0.3, 0.4) is 0 Å². The molecule has 0 fully saturated rings. The number of carbonyl (C=O) groups is 1. The second-order valence-electron chi connectivity index (χ2n) is 8.54. The Labute approximate surface area is 194 Å². The first-order valence-corrected chi connectivity index (χ1v) is 11.3. The summed E-state index contributed by atoms with van der Waals surface area (Å²) in [5, 5.41) is 5.28. The Balaban J connectivity index is 1.68. The van der Waals surface area contributed by atoms with Crippen molar-refractivity contribution in [1.29, 1.82) is 0 Å². The van der Waals surface area contributed by atoms with E-state index in [9.17, 15) is 4.79 Å². The standard InChI is InChI=1S/C24H29Cl2N3O2/c1-5-10-29-22-12-21(26)17(11-20(22)16(2)13-24(29,3)4)14-27-28-23(30)15-31-19-8-6-18(25)7-9-19/h6-9,11-12,14,16H,5,10,13,15H2,1-4H3,(H,28,30)/b27-14-. The Bertz CT molecular complexity index is 958. The fourth-order valence-electron chi connectivity index (χ4n) is 4.15. The summed E-state index contributed by atoms with van der Waals surface area (Å²) in [6, 6.07) is 10.9. The Morgan fingerprint density at radius 1 is 1.29 bits per heavy atom. The number of hydrogen-bond acceptors (Lipinski definition) is 4. The number of hydrazone groups is 1. The van der Waals surface area contributed by atoms with Crippen molar-refractivity contribution in [2.75, 3.05) is 18.1 Å². The zero-order chi connectivity index (χ0) is 22.6. The maximum Gasteiger partial charge on any atom is 0.277 e. The lowest BCUT2D eigenvalue weighted by atomic mass is 9.79. The maximum absolute atomic E-state index is 12.0. The van der Waals surface area contributed by atoms with Crippen molar-refractivity contribution in [2.45, 2.75) is 52.0 Å². The van der Waals surface area contributed by atoms with Crippen molar-refractivity contribution in [2.24, 2.45) is 5.10 Å². The van der Waals surface area contributed by atoms with Crippen LogP contribution in [-0.2, 0) is 4.79 Å². The minimum Gasteiger partial charge on any atom is -0.484 e. The molecule has 0 aromatic heterocycles. The number of anilines is 1. The normalized spacial score (nSPS) is 17.5. The lowest BCUT2D eigenvalue weighted by molar-refractivity contribution is -0.123. The molecule has 0 saturated carbocycles. The van der Waals surface area contributed by atoms with Crippen LogP contribution in [0.4, 0.5) is 5.69 Å². The first-order chi connectivity index (χ1) is 14.7. The average molecular weight is 462 g/mol. The molecule has 1 aliphatic heterocycles. The number of fused-ring (bicyclic) bond motifs is 1. The Morgan fingerprint density at radius 3 is 2.68 bits per heavy atom. The molecule has 1 aliphatic rings. The first-order valence-electron chi connectivity index (χ1n) is 10.5. The third-order valence-electron chi connectivity index (χ3n) is 5.53. The van der Waals surface area contributed by atoms with Crippen LogP contribution in [0.2, 0.25) is 10.0 Å². The molecule has 1 N–H and O–H groups in total. The minimum absolute atomic E-state index is 0.0828. The van der Waals surface area contributed by atoms with Crippen LogP contribution >= 0.6 is 23.2 Å². The number of ether oxygens (including phenoxy) is 1. The number of carbonyl (C=O) groups excluding carboxylic acids is 1. The van der Waals surface area contributed by atoms with E-state index in [1.165, 1.54) is 11.3 Å². The van der Waals surface area contributed by atoms with Gasteiger partial charge in [0.1, 0.15) is 5.75 Å². The summed E-state index contributed by atoms with van der Waals surface area (Å²) >= 11 is 12.4. The SMILES string of the molecule is CCCN1c2cc(Cl)c(/C=N\NC(=O)COc3ccc(Cl)cc3)cc2C(C)CC1(C)C. The van der Waals surface area contributed by atoms with Crippen molar-refractivity contribution in [3.05, 3.63) is 57.6 Å². The van der Waals surface area contributed by atoms with Crippen molar-refractivity contribution in [3.8, 4) is 5.75 Å². The summed E-state index contributed by atoms with van der Waals surface area (Å²) < 4.78 is 5.42. The van der Waals surface area contributed by atoms with E-state index in [0.29, 0.717) is 21.7 Å². The summed E-state index contributed by atoms with van der Waals surface area (Å²) in [6.07, 6.45) is 3.72. The third-order valence-corrected chi connectivity index (χ3v) is 6.11. The first kappa shape index (κ1) is 23.4. The smallest absolute Gasteiger partial charge is 0.277 e. The van der Waals surface area contributed by atoms with Crippen LogP contribution in [0.25, 0.3) is 0 Å². The Hall–Kier alpha value is -2.24. The van der Waals surface area contributed by atoms with Gasteiger partial charge in [0.25, 0.3) is 5.91 Å². The van der Waals surface area contributed by atoms with Gasteiger partial charge in [0, 0.05) is 28.4 Å². The predicted octanol–water partition coefficient (Wildman–Crippen LogP) is 6.02. The molecule has 1 heterocycles. The highest BCUT2D eigenvalue weighted by molar-refractivity contribution is 6.33. The summed E-state index contributed by atoms with van der Waals surface area (Å²) in [5.41, 5.74) is 5.79. The van der Waals surface area contributed by atoms with E-state index in [1.54, 1.807) is 30.5 Å². The number of benzene rings is 2. The molecule has 0 radical (unpaired) electrons. The van der Waals surface area contributed by atoms with Crippen LogP contribution in [-0.4, -0.2) is 30.8 Å². The van der Waals surface area contributed by atoms with Crippen molar-refractivity contribution in [3.63, 3.8) is 0 Å². The molecular formula is C24H29Cl2N3O2. The second-order valence-corrected chi connectivity index (χ2v) is 9.38. The van der Waals surface area contributed by atoms with E-state index < -0.39 is 0 Å². The highest BCUT2D eigenvalue weighted by Gasteiger charge is 2.36. The molecule has 1 unspecified atom stereocenters. The van der Waals surface area contributed by atoms with Gasteiger partial charge in [-0.25, -0.2) is 5.43 Å². The zero-order valence-corrected chi connectivity index (χ0v) is 19.9. The molecule has 0 spiro atoms. The molecule has 7 heteroatoms. The van der Waals surface area contributed by atoms with Gasteiger partial charge < -0.3 is 9.64 Å². The van der Waals surface area contributed by atoms with Gasteiger partial charge >= 0.3 is 0 Å². The van der Waals surface area contributed by atoms with E-state index in [0.717, 1.165) is 24.9 Å². The molecule has 1 amide bonds. The fourth-order valence-corrected chi connectivity index (χ4v) is 4.49. The molecule has 0 bridgehead atoms. The summed E-state index contributed by atoms with van der Waals surface area (Å²) in [5.74, 6) is 0.615. The zero-order valence-electron chi connectivity index (χ0n) is 18.4. The summed E-state index contributed by atoms with van der Waals surface area (Å²) in [6.45, 7) is 9.85. The van der Waals surface area contributed by atoms with Crippen LogP contribution in [0.5, 0.6) is 5.75 Å². The topological polar surface area (TPSA) is 53.9 Å². The predicted molar refractivity (Wildman–Crippen MR) is 129 cm³/mol. The van der Waals surface area contributed by atoms with Crippen molar-refractivity contribution >= 4 is 41.0 Å². The lowest BCUT2D eigenvalue weighted by Gasteiger charge is -2.47. The highest BCUT2D eigenvalue weighted by Crippen LogP contribution is 2.45. The molecular weight excluding hydrogens is 433 g/mol. The molecule has 31 heavy (non-hydrogen) atoms. The highest BCUT2D eigenvalue weighted by atomic mass is 35.5. The van der Waals surface area contributed by atoms with Gasteiger partial charge in [0.2, 0.25) is 0 Å². The van der Waals surface area contributed by atoms with Crippen LogP contribution in [0, 0.1) is 0 Å². The quantitative estimate of drug-likeness (QED) is 0.404. The van der Waals surface area contributed by atoms with Crippen molar-refractivity contribution < 1.29 is 9.53 Å². The largest absolute Gasteiger partial charge is 0.484 e. The fraction of sp³-hybridized carbons (Fsp3) is 0.417. The lowest BCUT2D eigenvalue weighted by Crippen LogP contribution is -2.48. The Kier molecular flexibility index (Phi) is 7.50. The van der Waals surface area contributed by atoms with Gasteiger partial charge in [-0.3, -0.25) is 4.79 Å². The van der Waals surface area contributed by atoms with Crippen LogP contribution < -0.4 is 15.1 Å². The summed E-state index contributed by atoms with van der Waals surface area (Å²) in [7, 11) is 0. The van der Waals surface area contributed by atoms with E-state index in [-0.39, 0.29) is 18.1 Å². The van der Waals surface area contributed by atoms with E-state index >= 15 is 0 Å². The number of nitrogens with zero attached hydrogens (tertiary/aromatic N) is 2. The van der Waals surface area contributed by atoms with E-state index in [1.807, 2.05) is 6.07 Å². The van der Waals surface area contributed by atoms with Gasteiger partial charge in [-0.15, -0.1) is 0 Å². The number of amides is 1. The van der Waals surface area contributed by atoms with E-state index in [4.69, 9.17) is 27.9 Å². The molecule has 0 aliphatic carbocycles. The number of rotatable bonds is 7. The molecule has 166 valence electrons. The average Bonchev–Trinajstić information content (AvgIpc) is 2.71. The van der Waals surface area contributed by atoms with Gasteiger partial charge in [-0.05, 0) is 74.6 Å². The number of halogens is 2. The van der Waals surface area contributed by atoms with Crippen LogP contribution in [0.15, 0.2) is 41.5 Å². The van der Waals surface area contributed by atoms with E-state index in [2.05, 4.69) is 49.2 Å². The monoisotopic (exact) mass is 461 g/mol. The minimum atomic E-state index is -0.357. The van der Waals surface area contributed by atoms with Crippen molar-refractivity contribution in [1.82, 2.24) is 5.43 Å². The molecule has 2 aromatic rings. The third kappa shape index (κ3) is 5.72. The van der Waals surface area contributed by atoms with Crippen LogP contribution in [0.1, 0.15) is 57.6 Å². The number of hydrogen-bond donors (Lipinski definition) is 1. The molecule has 0 saturated heterocycles. The number of nitrogens with one attached hydrogen (secondary N) is 1. The molecule has 2 aromatic carbocycles. The molecule has 3 rings (SSSR count). The Morgan fingerprint density at radius 2 is 2.00 bits per heavy atom. The second kappa shape index (κ2) is 9.92. The molecule has 1 atom stereocenters.